The Morgan fingerprint density at radius 2 is 2.46 bits per heavy atom. The Morgan fingerprint density at radius 3 is 2.92 bits per heavy atom. The molecule has 0 aromatic heterocycles. The van der Waals surface area contributed by atoms with E-state index in [1.807, 2.05) is 0 Å². The van der Waals surface area contributed by atoms with Crippen molar-refractivity contribution >= 4 is 23.1 Å². The molecule has 1 atom stereocenters. The Hall–Kier alpha value is -0.680. The Kier molecular flexibility index (Phi) is 3.62. The maximum atomic E-state index is 11.6. The van der Waals surface area contributed by atoms with Crippen molar-refractivity contribution in [2.24, 2.45) is 11.7 Å². The van der Waals surface area contributed by atoms with Crippen LogP contribution in [0.5, 0.6) is 0 Å². The molecule has 13 heavy (non-hydrogen) atoms. The third-order valence-corrected chi connectivity index (χ3v) is 2.18. The molecule has 1 aliphatic heterocycles. The molecule has 0 aromatic rings. The van der Waals surface area contributed by atoms with Gasteiger partial charge in [-0.1, -0.05) is 12.2 Å². The predicted octanol–water partition coefficient (Wildman–Crippen LogP) is -0.233. The molecule has 1 saturated heterocycles. The van der Waals surface area contributed by atoms with E-state index in [-0.39, 0.29) is 11.8 Å². The first-order chi connectivity index (χ1) is 6.11. The first-order valence-corrected chi connectivity index (χ1v) is 4.63. The van der Waals surface area contributed by atoms with Crippen molar-refractivity contribution in [2.75, 3.05) is 26.8 Å². The van der Waals surface area contributed by atoms with E-state index in [2.05, 4.69) is 0 Å². The van der Waals surface area contributed by atoms with Crippen LogP contribution < -0.4 is 5.73 Å². The zero-order valence-electron chi connectivity index (χ0n) is 7.66. The number of ether oxygens (including phenoxy) is 1. The highest BCUT2D eigenvalue weighted by molar-refractivity contribution is 7.80. The fourth-order valence-electron chi connectivity index (χ4n) is 1.35. The highest BCUT2D eigenvalue weighted by Crippen LogP contribution is 2.14. The number of carbonyl (C=O) groups is 1. The summed E-state index contributed by atoms with van der Waals surface area (Å²) >= 11 is 4.72. The molecule has 1 aliphatic rings. The van der Waals surface area contributed by atoms with Crippen molar-refractivity contribution < 1.29 is 9.53 Å². The second kappa shape index (κ2) is 4.53. The normalized spacial score (nSPS) is 21.5. The van der Waals surface area contributed by atoms with Crippen molar-refractivity contribution in [3.05, 3.63) is 0 Å². The summed E-state index contributed by atoms with van der Waals surface area (Å²) in [6.07, 6.45) is 0.806. The molecule has 0 aliphatic carbocycles. The average molecular weight is 202 g/mol. The van der Waals surface area contributed by atoms with Gasteiger partial charge in [-0.25, -0.2) is 0 Å². The maximum Gasteiger partial charge on any atom is 0.228 e. The molecule has 0 saturated carbocycles. The van der Waals surface area contributed by atoms with E-state index in [9.17, 15) is 4.79 Å². The Balaban J connectivity index is 2.41. The third kappa shape index (κ3) is 2.93. The van der Waals surface area contributed by atoms with E-state index in [1.54, 1.807) is 11.9 Å². The number of hydrogen-bond donors (Lipinski definition) is 1. The Morgan fingerprint density at radius 1 is 1.77 bits per heavy atom. The van der Waals surface area contributed by atoms with E-state index in [0.717, 1.165) is 6.42 Å². The van der Waals surface area contributed by atoms with Crippen LogP contribution in [-0.4, -0.2) is 42.6 Å². The van der Waals surface area contributed by atoms with Gasteiger partial charge in [-0.3, -0.25) is 4.79 Å². The van der Waals surface area contributed by atoms with E-state index >= 15 is 0 Å². The number of carbonyl (C=O) groups excluding carboxylic acids is 1. The Labute approximate surface area is 83.0 Å². The highest BCUT2D eigenvalue weighted by atomic mass is 32.1. The van der Waals surface area contributed by atoms with Crippen LogP contribution in [0.25, 0.3) is 0 Å². The minimum atomic E-state index is -0.000602. The van der Waals surface area contributed by atoms with E-state index in [4.69, 9.17) is 22.7 Å². The van der Waals surface area contributed by atoms with Gasteiger partial charge in [0.05, 0.1) is 24.1 Å². The second-order valence-corrected chi connectivity index (χ2v) is 3.75. The standard InChI is InChI=1S/C8H14N2O2S/c1-10(4-7(9)13)8(11)6-2-3-12-5-6/h6H,2-5H2,1H3,(H2,9,13). The summed E-state index contributed by atoms with van der Waals surface area (Å²) in [5.41, 5.74) is 5.34. The molecular weight excluding hydrogens is 188 g/mol. The van der Waals surface area contributed by atoms with Gasteiger partial charge in [-0.15, -0.1) is 0 Å². The molecule has 2 N–H and O–H groups in total. The summed E-state index contributed by atoms with van der Waals surface area (Å²) in [5.74, 6) is 0.0738. The maximum absolute atomic E-state index is 11.6. The lowest BCUT2D eigenvalue weighted by Gasteiger charge is -2.19. The molecule has 5 heteroatoms. The molecular formula is C8H14N2O2S. The van der Waals surface area contributed by atoms with Crippen LogP contribution in [0.3, 0.4) is 0 Å². The number of thiocarbonyl (C=S) groups is 1. The van der Waals surface area contributed by atoms with Gasteiger partial charge < -0.3 is 15.4 Å². The molecule has 1 amide bonds. The quantitative estimate of drug-likeness (QED) is 0.642. The smallest absolute Gasteiger partial charge is 0.228 e. The number of amides is 1. The summed E-state index contributed by atoms with van der Waals surface area (Å²) in [6.45, 7) is 1.56. The summed E-state index contributed by atoms with van der Waals surface area (Å²) in [7, 11) is 1.71. The molecule has 0 spiro atoms. The zero-order valence-corrected chi connectivity index (χ0v) is 8.47. The minimum Gasteiger partial charge on any atom is -0.392 e. The number of hydrogen-bond acceptors (Lipinski definition) is 3. The van der Waals surface area contributed by atoms with Crippen LogP contribution in [0.1, 0.15) is 6.42 Å². The van der Waals surface area contributed by atoms with Crippen molar-refractivity contribution in [3.63, 3.8) is 0 Å². The van der Waals surface area contributed by atoms with Crippen LogP contribution in [0, 0.1) is 5.92 Å². The van der Waals surface area contributed by atoms with Gasteiger partial charge in [0.2, 0.25) is 5.91 Å². The number of nitrogens with two attached hydrogens (primary N) is 1. The van der Waals surface area contributed by atoms with Gasteiger partial charge in [-0.05, 0) is 6.42 Å². The van der Waals surface area contributed by atoms with Gasteiger partial charge in [0.25, 0.3) is 0 Å². The van der Waals surface area contributed by atoms with Crippen LogP contribution >= 0.6 is 12.2 Å². The third-order valence-electron chi connectivity index (χ3n) is 2.05. The lowest BCUT2D eigenvalue weighted by Crippen LogP contribution is -2.38. The fourth-order valence-corrected chi connectivity index (χ4v) is 1.55. The second-order valence-electron chi connectivity index (χ2n) is 3.22. The summed E-state index contributed by atoms with van der Waals surface area (Å²) < 4.78 is 5.12. The first-order valence-electron chi connectivity index (χ1n) is 4.22. The van der Waals surface area contributed by atoms with Crippen LogP contribution in [0.4, 0.5) is 0 Å². The molecule has 1 heterocycles. The molecule has 1 rings (SSSR count). The van der Waals surface area contributed by atoms with Crippen LogP contribution in [0.2, 0.25) is 0 Å². The van der Waals surface area contributed by atoms with Crippen molar-refractivity contribution in [1.82, 2.24) is 4.90 Å². The lowest BCUT2D eigenvalue weighted by molar-refractivity contribution is -0.133. The molecule has 1 fully saturated rings. The van der Waals surface area contributed by atoms with E-state index in [1.165, 1.54) is 0 Å². The number of rotatable bonds is 3. The van der Waals surface area contributed by atoms with Crippen LogP contribution in [-0.2, 0) is 9.53 Å². The summed E-state index contributed by atoms with van der Waals surface area (Å²) in [6, 6.07) is 0. The topological polar surface area (TPSA) is 55.6 Å². The predicted molar refractivity (Wildman–Crippen MR) is 53.3 cm³/mol. The molecule has 0 bridgehead atoms. The molecule has 4 nitrogen and oxygen atoms in total. The Bertz CT molecular complexity index is 214. The average Bonchev–Trinajstić information content (AvgIpc) is 2.53. The van der Waals surface area contributed by atoms with Gasteiger partial charge in [0.1, 0.15) is 0 Å². The molecule has 74 valence electrons. The number of likely N-dealkylation sites (N-methyl/N-ethyl adjacent to an activating group) is 1. The fraction of sp³-hybridized carbons (Fsp3) is 0.750. The van der Waals surface area contributed by atoms with Crippen LogP contribution in [0.15, 0.2) is 0 Å². The van der Waals surface area contributed by atoms with Gasteiger partial charge >= 0.3 is 0 Å². The molecule has 0 aromatic carbocycles. The van der Waals surface area contributed by atoms with Gasteiger partial charge in [-0.2, -0.15) is 0 Å². The molecule has 1 unspecified atom stereocenters. The summed E-state index contributed by atoms with van der Waals surface area (Å²) in [4.78, 5) is 13.5. The van der Waals surface area contributed by atoms with Gasteiger partial charge in [0.15, 0.2) is 0 Å². The van der Waals surface area contributed by atoms with Crippen molar-refractivity contribution in [2.45, 2.75) is 6.42 Å². The largest absolute Gasteiger partial charge is 0.392 e. The summed E-state index contributed by atoms with van der Waals surface area (Å²) in [5, 5.41) is 0. The molecule has 0 radical (unpaired) electrons. The van der Waals surface area contributed by atoms with E-state index in [0.29, 0.717) is 24.7 Å². The first kappa shape index (κ1) is 10.4. The highest BCUT2D eigenvalue weighted by Gasteiger charge is 2.26. The SMILES string of the molecule is CN(CC(N)=S)C(=O)C1CCOC1. The van der Waals surface area contributed by atoms with Gasteiger partial charge in [0, 0.05) is 13.7 Å². The lowest BCUT2D eigenvalue weighted by atomic mass is 10.1. The zero-order chi connectivity index (χ0) is 9.84. The van der Waals surface area contributed by atoms with Crippen molar-refractivity contribution in [3.8, 4) is 0 Å². The van der Waals surface area contributed by atoms with Crippen molar-refractivity contribution in [1.29, 1.82) is 0 Å². The number of nitrogens with zero attached hydrogens (tertiary/aromatic N) is 1. The van der Waals surface area contributed by atoms with E-state index < -0.39 is 0 Å². The minimum absolute atomic E-state index is 0.000602. The monoisotopic (exact) mass is 202 g/mol.